The molecule has 1 saturated heterocycles. The number of carboxylic acid groups (broad SMARTS) is 1. The van der Waals surface area contributed by atoms with Gasteiger partial charge in [-0.15, -0.1) is 0 Å². The minimum atomic E-state index is -1.03. The Labute approximate surface area is 170 Å². The summed E-state index contributed by atoms with van der Waals surface area (Å²) in [6.07, 6.45) is 2.00. The van der Waals surface area contributed by atoms with Gasteiger partial charge in [0.05, 0.1) is 0 Å². The summed E-state index contributed by atoms with van der Waals surface area (Å²) in [6, 6.07) is 15.3. The first-order valence-electron chi connectivity index (χ1n) is 10.2. The Bertz CT molecular complexity index is 846. The highest BCUT2D eigenvalue weighted by molar-refractivity contribution is 5.81. The molecule has 1 atom stereocenters. The molecule has 29 heavy (non-hydrogen) atoms. The Hall–Kier alpha value is -2.86. The van der Waals surface area contributed by atoms with Gasteiger partial charge in [-0.2, -0.15) is 0 Å². The van der Waals surface area contributed by atoms with Crippen LogP contribution in [-0.2, 0) is 9.53 Å². The minimum absolute atomic E-state index is 0.0407. The lowest BCUT2D eigenvalue weighted by Gasteiger charge is -2.20. The summed E-state index contributed by atoms with van der Waals surface area (Å²) in [5, 5.41) is 12.0. The molecule has 2 aromatic rings. The lowest BCUT2D eigenvalue weighted by atomic mass is 9.98. The molecule has 152 valence electrons. The van der Waals surface area contributed by atoms with E-state index in [1.54, 1.807) is 0 Å². The van der Waals surface area contributed by atoms with Crippen LogP contribution in [0.2, 0.25) is 0 Å². The van der Waals surface area contributed by atoms with Crippen LogP contribution in [-0.4, -0.2) is 54.4 Å². The summed E-state index contributed by atoms with van der Waals surface area (Å²) in [6.45, 7) is 2.84. The molecular formula is C23H26N2O4. The Morgan fingerprint density at radius 3 is 2.21 bits per heavy atom. The zero-order valence-electron chi connectivity index (χ0n) is 16.3. The zero-order valence-corrected chi connectivity index (χ0v) is 16.3. The van der Waals surface area contributed by atoms with Crippen molar-refractivity contribution in [2.24, 2.45) is 0 Å². The third-order valence-electron chi connectivity index (χ3n) is 5.87. The van der Waals surface area contributed by atoms with E-state index in [4.69, 9.17) is 4.74 Å². The molecule has 0 spiro atoms. The van der Waals surface area contributed by atoms with Crippen molar-refractivity contribution in [2.45, 2.75) is 31.2 Å². The van der Waals surface area contributed by atoms with Crippen LogP contribution >= 0.6 is 0 Å². The van der Waals surface area contributed by atoms with E-state index >= 15 is 0 Å². The van der Waals surface area contributed by atoms with Gasteiger partial charge in [-0.05, 0) is 54.6 Å². The summed E-state index contributed by atoms with van der Waals surface area (Å²) in [5.41, 5.74) is 4.58. The topological polar surface area (TPSA) is 78.9 Å². The summed E-state index contributed by atoms with van der Waals surface area (Å²) < 4.78 is 5.47. The van der Waals surface area contributed by atoms with Crippen molar-refractivity contribution in [1.82, 2.24) is 10.2 Å². The Morgan fingerprint density at radius 1 is 1.03 bits per heavy atom. The fourth-order valence-electron chi connectivity index (χ4n) is 4.36. The first-order chi connectivity index (χ1) is 14.1. The SMILES string of the molecule is O=C(NC(CCN1CCCC1)C(=O)O)OCC1c2ccccc2-c2ccccc21. The second-order valence-corrected chi connectivity index (χ2v) is 7.70. The zero-order chi connectivity index (χ0) is 20.2. The third kappa shape index (κ3) is 4.27. The number of ether oxygens (including phenoxy) is 1. The van der Waals surface area contributed by atoms with Gasteiger partial charge in [-0.3, -0.25) is 0 Å². The maximum Gasteiger partial charge on any atom is 0.407 e. The number of aliphatic carboxylic acids is 1. The van der Waals surface area contributed by atoms with E-state index in [9.17, 15) is 14.7 Å². The Kier molecular flexibility index (Phi) is 5.81. The van der Waals surface area contributed by atoms with Gasteiger partial charge < -0.3 is 20.1 Å². The second-order valence-electron chi connectivity index (χ2n) is 7.70. The average molecular weight is 394 g/mol. The van der Waals surface area contributed by atoms with E-state index in [2.05, 4.69) is 34.5 Å². The summed E-state index contributed by atoms with van der Waals surface area (Å²) in [7, 11) is 0. The van der Waals surface area contributed by atoms with Crippen molar-refractivity contribution in [3.05, 3.63) is 59.7 Å². The van der Waals surface area contributed by atoms with Gasteiger partial charge >= 0.3 is 12.1 Å². The van der Waals surface area contributed by atoms with Crippen molar-refractivity contribution in [2.75, 3.05) is 26.2 Å². The number of amides is 1. The van der Waals surface area contributed by atoms with Crippen LogP contribution in [0, 0.1) is 0 Å². The molecular weight excluding hydrogens is 368 g/mol. The molecule has 1 aliphatic carbocycles. The van der Waals surface area contributed by atoms with Crippen molar-refractivity contribution >= 4 is 12.1 Å². The molecule has 0 bridgehead atoms. The standard InChI is InChI=1S/C23H26N2O4/c26-22(27)21(11-14-25-12-5-6-13-25)24-23(28)29-15-20-18-9-3-1-7-16(18)17-8-2-4-10-19(17)20/h1-4,7-10,20-21H,5-6,11-15H2,(H,24,28)(H,26,27). The number of alkyl carbamates (subject to hydrolysis) is 1. The fraction of sp³-hybridized carbons (Fsp3) is 0.391. The van der Waals surface area contributed by atoms with Crippen LogP contribution in [0.3, 0.4) is 0 Å². The number of carbonyl (C=O) groups is 2. The molecule has 0 radical (unpaired) electrons. The van der Waals surface area contributed by atoms with Crippen molar-refractivity contribution in [3.8, 4) is 11.1 Å². The molecule has 6 nitrogen and oxygen atoms in total. The van der Waals surface area contributed by atoms with Gasteiger partial charge in [0.2, 0.25) is 0 Å². The van der Waals surface area contributed by atoms with Crippen LogP contribution in [0.15, 0.2) is 48.5 Å². The highest BCUT2D eigenvalue weighted by Crippen LogP contribution is 2.44. The van der Waals surface area contributed by atoms with Crippen LogP contribution in [0.4, 0.5) is 4.79 Å². The van der Waals surface area contributed by atoms with E-state index in [1.807, 2.05) is 24.3 Å². The van der Waals surface area contributed by atoms with Gasteiger partial charge in [0, 0.05) is 12.5 Å². The maximum atomic E-state index is 12.3. The molecule has 6 heteroatoms. The van der Waals surface area contributed by atoms with Crippen LogP contribution in [0.1, 0.15) is 36.3 Å². The van der Waals surface area contributed by atoms with Gasteiger partial charge in [0.25, 0.3) is 0 Å². The van der Waals surface area contributed by atoms with Gasteiger partial charge in [-0.1, -0.05) is 48.5 Å². The van der Waals surface area contributed by atoms with Crippen molar-refractivity contribution in [3.63, 3.8) is 0 Å². The molecule has 1 amide bonds. The van der Waals surface area contributed by atoms with Crippen molar-refractivity contribution < 1.29 is 19.4 Å². The number of benzene rings is 2. The lowest BCUT2D eigenvalue weighted by molar-refractivity contribution is -0.139. The summed E-state index contributed by atoms with van der Waals surface area (Å²) >= 11 is 0. The highest BCUT2D eigenvalue weighted by Gasteiger charge is 2.29. The molecule has 2 N–H and O–H groups in total. The number of hydrogen-bond acceptors (Lipinski definition) is 4. The van der Waals surface area contributed by atoms with Gasteiger partial charge in [0.15, 0.2) is 0 Å². The van der Waals surface area contributed by atoms with E-state index in [-0.39, 0.29) is 12.5 Å². The lowest BCUT2D eigenvalue weighted by Crippen LogP contribution is -2.43. The van der Waals surface area contributed by atoms with E-state index < -0.39 is 18.1 Å². The monoisotopic (exact) mass is 394 g/mol. The molecule has 0 saturated carbocycles. The Balaban J connectivity index is 1.37. The van der Waals surface area contributed by atoms with E-state index in [0.29, 0.717) is 13.0 Å². The minimum Gasteiger partial charge on any atom is -0.480 e. The number of hydrogen-bond donors (Lipinski definition) is 2. The van der Waals surface area contributed by atoms with Crippen molar-refractivity contribution in [1.29, 1.82) is 0 Å². The first-order valence-corrected chi connectivity index (χ1v) is 10.2. The van der Waals surface area contributed by atoms with Crippen LogP contribution in [0.25, 0.3) is 11.1 Å². The second kappa shape index (κ2) is 8.66. The van der Waals surface area contributed by atoms with Gasteiger partial charge in [-0.25, -0.2) is 9.59 Å². The number of nitrogens with zero attached hydrogens (tertiary/aromatic N) is 1. The predicted octanol–water partition coefficient (Wildman–Crippen LogP) is 3.46. The first kappa shape index (κ1) is 19.5. The smallest absolute Gasteiger partial charge is 0.407 e. The highest BCUT2D eigenvalue weighted by atomic mass is 16.5. The largest absolute Gasteiger partial charge is 0.480 e. The molecule has 2 aromatic carbocycles. The van der Waals surface area contributed by atoms with E-state index in [0.717, 1.165) is 48.2 Å². The molecule has 1 heterocycles. The molecule has 1 aliphatic heterocycles. The fourth-order valence-corrected chi connectivity index (χ4v) is 4.36. The predicted molar refractivity (Wildman–Crippen MR) is 110 cm³/mol. The number of carbonyl (C=O) groups excluding carboxylic acids is 1. The number of fused-ring (bicyclic) bond motifs is 3. The summed E-state index contributed by atoms with van der Waals surface area (Å²) in [5.74, 6) is -1.07. The van der Waals surface area contributed by atoms with Crippen LogP contribution < -0.4 is 5.32 Å². The number of nitrogens with one attached hydrogen (secondary N) is 1. The number of rotatable bonds is 7. The third-order valence-corrected chi connectivity index (χ3v) is 5.87. The maximum absolute atomic E-state index is 12.3. The average Bonchev–Trinajstić information content (AvgIpc) is 3.35. The van der Waals surface area contributed by atoms with E-state index in [1.165, 1.54) is 0 Å². The molecule has 0 aromatic heterocycles. The number of carboxylic acids is 1. The summed E-state index contributed by atoms with van der Waals surface area (Å²) in [4.78, 5) is 26.1. The molecule has 1 unspecified atom stereocenters. The number of likely N-dealkylation sites (tertiary alicyclic amines) is 1. The van der Waals surface area contributed by atoms with Gasteiger partial charge in [0.1, 0.15) is 12.6 Å². The molecule has 1 fully saturated rings. The normalized spacial score (nSPS) is 16.8. The molecule has 2 aliphatic rings. The molecule has 4 rings (SSSR count). The quantitative estimate of drug-likeness (QED) is 0.752. The Morgan fingerprint density at radius 2 is 1.62 bits per heavy atom. The van der Waals surface area contributed by atoms with Crippen LogP contribution in [0.5, 0.6) is 0 Å².